The predicted molar refractivity (Wildman–Crippen MR) is 75.0 cm³/mol. The largest absolute Gasteiger partial charge is 0.365 e. The van der Waals surface area contributed by atoms with Gasteiger partial charge in [0.1, 0.15) is 0 Å². The maximum Gasteiger partial charge on any atom is 0.294 e. The standard InChI is InChI=1S/C13H14N4OS/c14-16-12(18)13-15-10(8-19-13)7-17-6-5-9-3-1-2-4-11(9)17/h1-4,8H,5-7,14H2,(H,16,18). The molecule has 0 radical (unpaired) electrons. The molecule has 19 heavy (non-hydrogen) atoms. The first-order valence-electron chi connectivity index (χ1n) is 6.06. The molecule has 2 heterocycles. The predicted octanol–water partition coefficient (Wildman–Crippen LogP) is 1.31. The molecule has 0 saturated carbocycles. The summed E-state index contributed by atoms with van der Waals surface area (Å²) in [6, 6.07) is 8.40. The number of nitrogens with one attached hydrogen (secondary N) is 1. The van der Waals surface area contributed by atoms with Crippen molar-refractivity contribution in [2.75, 3.05) is 11.4 Å². The van der Waals surface area contributed by atoms with Crippen molar-refractivity contribution in [1.82, 2.24) is 10.4 Å². The number of hydrogen-bond donors (Lipinski definition) is 2. The van der Waals surface area contributed by atoms with Crippen molar-refractivity contribution in [2.24, 2.45) is 5.84 Å². The zero-order valence-corrected chi connectivity index (χ0v) is 11.1. The molecule has 0 saturated heterocycles. The zero-order chi connectivity index (χ0) is 13.2. The molecule has 3 rings (SSSR count). The van der Waals surface area contributed by atoms with Crippen LogP contribution < -0.4 is 16.2 Å². The summed E-state index contributed by atoms with van der Waals surface area (Å²) in [5.41, 5.74) is 5.64. The number of amides is 1. The van der Waals surface area contributed by atoms with Crippen molar-refractivity contribution in [3.8, 4) is 0 Å². The minimum Gasteiger partial charge on any atom is -0.365 e. The third-order valence-electron chi connectivity index (χ3n) is 3.21. The second-order valence-corrected chi connectivity index (χ2v) is 5.28. The first-order valence-corrected chi connectivity index (χ1v) is 6.94. The number of benzene rings is 1. The van der Waals surface area contributed by atoms with Gasteiger partial charge in [0.05, 0.1) is 12.2 Å². The Kier molecular flexibility index (Phi) is 3.18. The third-order valence-corrected chi connectivity index (χ3v) is 4.10. The second kappa shape index (κ2) is 4.99. The normalized spacial score (nSPS) is 13.4. The molecule has 6 heteroatoms. The van der Waals surface area contributed by atoms with Gasteiger partial charge in [-0.25, -0.2) is 10.8 Å². The molecule has 1 aliphatic heterocycles. The highest BCUT2D eigenvalue weighted by atomic mass is 32.1. The lowest BCUT2D eigenvalue weighted by Gasteiger charge is -2.17. The molecule has 0 atom stereocenters. The molecule has 0 aliphatic carbocycles. The Morgan fingerprint density at radius 2 is 2.32 bits per heavy atom. The molecular weight excluding hydrogens is 260 g/mol. The van der Waals surface area contributed by atoms with E-state index in [1.807, 2.05) is 11.4 Å². The summed E-state index contributed by atoms with van der Waals surface area (Å²) in [5, 5.41) is 2.32. The summed E-state index contributed by atoms with van der Waals surface area (Å²) in [7, 11) is 0. The van der Waals surface area contributed by atoms with Gasteiger partial charge in [0.25, 0.3) is 5.91 Å². The number of para-hydroxylation sites is 1. The van der Waals surface area contributed by atoms with Crippen LogP contribution in [0.4, 0.5) is 5.69 Å². The lowest BCUT2D eigenvalue weighted by molar-refractivity contribution is 0.0953. The van der Waals surface area contributed by atoms with Gasteiger partial charge >= 0.3 is 0 Å². The van der Waals surface area contributed by atoms with Crippen LogP contribution in [0.25, 0.3) is 0 Å². The highest BCUT2D eigenvalue weighted by Gasteiger charge is 2.19. The van der Waals surface area contributed by atoms with Gasteiger partial charge in [0, 0.05) is 17.6 Å². The Morgan fingerprint density at radius 1 is 1.47 bits per heavy atom. The van der Waals surface area contributed by atoms with Gasteiger partial charge in [-0.3, -0.25) is 10.2 Å². The monoisotopic (exact) mass is 274 g/mol. The van der Waals surface area contributed by atoms with Crippen molar-refractivity contribution >= 4 is 22.9 Å². The van der Waals surface area contributed by atoms with Crippen molar-refractivity contribution in [3.05, 3.63) is 45.9 Å². The van der Waals surface area contributed by atoms with Crippen molar-refractivity contribution in [2.45, 2.75) is 13.0 Å². The summed E-state index contributed by atoms with van der Waals surface area (Å²) in [6.07, 6.45) is 1.07. The fourth-order valence-electron chi connectivity index (χ4n) is 2.31. The summed E-state index contributed by atoms with van der Waals surface area (Å²) in [5.74, 6) is 4.76. The molecule has 1 aromatic carbocycles. The van der Waals surface area contributed by atoms with Crippen LogP contribution in [0.1, 0.15) is 21.1 Å². The van der Waals surface area contributed by atoms with E-state index in [1.165, 1.54) is 22.6 Å². The number of hydrazine groups is 1. The van der Waals surface area contributed by atoms with E-state index < -0.39 is 0 Å². The molecule has 1 aliphatic rings. The fourth-order valence-corrected chi connectivity index (χ4v) is 3.02. The molecule has 0 unspecified atom stereocenters. The van der Waals surface area contributed by atoms with E-state index in [0.29, 0.717) is 5.01 Å². The topological polar surface area (TPSA) is 71.2 Å². The Labute approximate surface area is 115 Å². The van der Waals surface area contributed by atoms with Crippen molar-refractivity contribution in [3.63, 3.8) is 0 Å². The van der Waals surface area contributed by atoms with E-state index in [2.05, 4.69) is 33.5 Å². The van der Waals surface area contributed by atoms with Crippen LogP contribution in [-0.4, -0.2) is 17.4 Å². The SMILES string of the molecule is NNC(=O)c1nc(CN2CCc3ccccc32)cs1. The number of carbonyl (C=O) groups is 1. The first-order chi connectivity index (χ1) is 9.28. The third kappa shape index (κ3) is 2.32. The smallest absolute Gasteiger partial charge is 0.294 e. The van der Waals surface area contributed by atoms with E-state index in [4.69, 9.17) is 5.84 Å². The van der Waals surface area contributed by atoms with Gasteiger partial charge in [-0.15, -0.1) is 11.3 Å². The zero-order valence-electron chi connectivity index (χ0n) is 10.3. The van der Waals surface area contributed by atoms with E-state index in [0.717, 1.165) is 25.2 Å². The van der Waals surface area contributed by atoms with Crippen LogP contribution in [0.15, 0.2) is 29.6 Å². The van der Waals surface area contributed by atoms with Gasteiger partial charge in [-0.05, 0) is 18.1 Å². The maximum absolute atomic E-state index is 11.4. The van der Waals surface area contributed by atoms with Crippen molar-refractivity contribution < 1.29 is 4.79 Å². The number of thiazole rings is 1. The van der Waals surface area contributed by atoms with Crippen LogP contribution in [-0.2, 0) is 13.0 Å². The van der Waals surface area contributed by atoms with Crippen LogP contribution in [0.2, 0.25) is 0 Å². The summed E-state index contributed by atoms with van der Waals surface area (Å²) in [6.45, 7) is 1.72. The summed E-state index contributed by atoms with van der Waals surface area (Å²) >= 11 is 1.32. The number of nitrogens with two attached hydrogens (primary N) is 1. The summed E-state index contributed by atoms with van der Waals surface area (Å²) < 4.78 is 0. The average molecular weight is 274 g/mol. The van der Waals surface area contributed by atoms with Crippen LogP contribution in [0, 0.1) is 0 Å². The Morgan fingerprint density at radius 3 is 3.16 bits per heavy atom. The van der Waals surface area contributed by atoms with Crippen LogP contribution >= 0.6 is 11.3 Å². The minimum atomic E-state index is -0.335. The molecule has 1 aromatic heterocycles. The number of nitrogens with zero attached hydrogens (tertiary/aromatic N) is 2. The number of carbonyl (C=O) groups excluding carboxylic acids is 1. The van der Waals surface area contributed by atoms with E-state index in [1.54, 1.807) is 0 Å². The number of fused-ring (bicyclic) bond motifs is 1. The molecule has 5 nitrogen and oxygen atoms in total. The molecule has 0 bridgehead atoms. The number of rotatable bonds is 3. The Balaban J connectivity index is 1.76. The van der Waals surface area contributed by atoms with E-state index in [9.17, 15) is 4.79 Å². The highest BCUT2D eigenvalue weighted by Crippen LogP contribution is 2.28. The van der Waals surface area contributed by atoms with Gasteiger partial charge in [0.2, 0.25) is 0 Å². The molecule has 3 N–H and O–H groups in total. The maximum atomic E-state index is 11.4. The molecule has 2 aromatic rings. The van der Waals surface area contributed by atoms with Gasteiger partial charge in [-0.2, -0.15) is 0 Å². The Bertz CT molecular complexity index is 610. The molecule has 98 valence electrons. The fraction of sp³-hybridized carbons (Fsp3) is 0.231. The van der Waals surface area contributed by atoms with E-state index >= 15 is 0 Å². The van der Waals surface area contributed by atoms with Gasteiger partial charge in [-0.1, -0.05) is 18.2 Å². The van der Waals surface area contributed by atoms with Crippen LogP contribution in [0.3, 0.4) is 0 Å². The number of anilines is 1. The minimum absolute atomic E-state index is 0.335. The van der Waals surface area contributed by atoms with Gasteiger partial charge < -0.3 is 4.90 Å². The number of hydrogen-bond acceptors (Lipinski definition) is 5. The second-order valence-electron chi connectivity index (χ2n) is 4.42. The molecule has 1 amide bonds. The Hall–Kier alpha value is -1.92. The number of aromatic nitrogens is 1. The van der Waals surface area contributed by atoms with E-state index in [-0.39, 0.29) is 5.91 Å². The van der Waals surface area contributed by atoms with Crippen molar-refractivity contribution in [1.29, 1.82) is 0 Å². The summed E-state index contributed by atoms with van der Waals surface area (Å²) in [4.78, 5) is 17.9. The molecular formula is C13H14N4OS. The molecule has 0 spiro atoms. The highest BCUT2D eigenvalue weighted by molar-refractivity contribution is 7.11. The first kappa shape index (κ1) is 12.1. The lowest BCUT2D eigenvalue weighted by atomic mass is 10.2. The number of nitrogen functional groups attached to an aromatic ring is 1. The lowest BCUT2D eigenvalue weighted by Crippen LogP contribution is -2.30. The van der Waals surface area contributed by atoms with Gasteiger partial charge in [0.15, 0.2) is 5.01 Å². The quantitative estimate of drug-likeness (QED) is 0.503. The molecule has 0 fully saturated rings. The van der Waals surface area contributed by atoms with Crippen LogP contribution in [0.5, 0.6) is 0 Å². The average Bonchev–Trinajstić information content (AvgIpc) is 3.06.